The van der Waals surface area contributed by atoms with Crippen LogP contribution in [-0.4, -0.2) is 48.7 Å². The van der Waals surface area contributed by atoms with Gasteiger partial charge in [-0.3, -0.25) is 9.69 Å². The summed E-state index contributed by atoms with van der Waals surface area (Å²) >= 11 is 0. The minimum Gasteiger partial charge on any atom is -0.377 e. The highest BCUT2D eigenvalue weighted by molar-refractivity contribution is 5.99. The van der Waals surface area contributed by atoms with Gasteiger partial charge >= 0.3 is 0 Å². The van der Waals surface area contributed by atoms with E-state index in [4.69, 9.17) is 4.74 Å². The number of amides is 1. The zero-order valence-corrected chi connectivity index (χ0v) is 14.4. The number of benzene rings is 1. The van der Waals surface area contributed by atoms with Gasteiger partial charge in [0.2, 0.25) is 5.91 Å². The summed E-state index contributed by atoms with van der Waals surface area (Å²) in [7, 11) is 0. The number of ether oxygens (including phenoxy) is 1. The SMILES string of the molecule is O=C1C[C@@H]2OCC[C@@H]3CN4CC[C@@]56c7ccccc7N1[C@@H]5[C@@H]2[C@@H]3C[C@@H]46. The van der Waals surface area contributed by atoms with Gasteiger partial charge in [-0.1, -0.05) is 18.2 Å². The van der Waals surface area contributed by atoms with Crippen molar-refractivity contribution in [2.24, 2.45) is 17.8 Å². The first-order valence-electron chi connectivity index (χ1n) is 10.1. The lowest BCUT2D eigenvalue weighted by molar-refractivity contribution is -0.134. The fourth-order valence-corrected chi connectivity index (χ4v) is 7.96. The van der Waals surface area contributed by atoms with Crippen molar-refractivity contribution >= 4 is 11.6 Å². The van der Waals surface area contributed by atoms with E-state index in [9.17, 15) is 4.79 Å². The summed E-state index contributed by atoms with van der Waals surface area (Å²) in [6.07, 6.45) is 4.46. The van der Waals surface area contributed by atoms with Crippen LogP contribution in [0.1, 0.15) is 31.2 Å². The van der Waals surface area contributed by atoms with E-state index in [0.717, 1.165) is 18.4 Å². The average Bonchev–Trinajstić information content (AvgIpc) is 3.10. The normalized spacial score (nSPS) is 49.1. The maximum absolute atomic E-state index is 13.2. The third kappa shape index (κ3) is 1.37. The highest BCUT2D eigenvalue weighted by atomic mass is 16.5. The smallest absolute Gasteiger partial charge is 0.229 e. The molecule has 2 bridgehead atoms. The number of hydrogen-bond donors (Lipinski definition) is 0. The van der Waals surface area contributed by atoms with Crippen LogP contribution >= 0.6 is 0 Å². The lowest BCUT2D eigenvalue weighted by Gasteiger charge is -2.59. The predicted octanol–water partition coefficient (Wildman–Crippen LogP) is 2.17. The Kier molecular flexibility index (Phi) is 2.36. The van der Waals surface area contributed by atoms with E-state index in [1.807, 2.05) is 0 Å². The van der Waals surface area contributed by atoms with Crippen LogP contribution in [0.5, 0.6) is 0 Å². The van der Waals surface area contributed by atoms with Gasteiger partial charge in [0.1, 0.15) is 0 Å². The Balaban J connectivity index is 1.53. The van der Waals surface area contributed by atoms with E-state index in [-0.39, 0.29) is 11.5 Å². The van der Waals surface area contributed by atoms with Crippen molar-refractivity contribution < 1.29 is 9.53 Å². The molecule has 6 aliphatic rings. The second kappa shape index (κ2) is 4.29. The maximum Gasteiger partial charge on any atom is 0.229 e. The second-order valence-electron chi connectivity index (χ2n) is 9.17. The average molecular weight is 336 g/mol. The Bertz CT molecular complexity index is 794. The first-order valence-corrected chi connectivity index (χ1v) is 10.1. The van der Waals surface area contributed by atoms with Crippen LogP contribution in [0.2, 0.25) is 0 Å². The highest BCUT2D eigenvalue weighted by Gasteiger charge is 2.71. The molecule has 1 saturated carbocycles. The molecular weight excluding hydrogens is 312 g/mol. The zero-order chi connectivity index (χ0) is 16.3. The lowest BCUT2D eigenvalue weighted by Crippen LogP contribution is -2.70. The quantitative estimate of drug-likeness (QED) is 0.728. The standard InChI is InChI=1S/C21H24N2O2/c24-18-10-16-19-13-9-17-21(6-7-22(17)11-12(13)5-8-25-16)14-3-1-2-4-15(14)23(18)20(19)21/h1-4,12-13,16-17,19-20H,5-11H2/t12-,13-,16+,17-,19-,20-,21+/m1/s1. The summed E-state index contributed by atoms with van der Waals surface area (Å²) in [6.45, 7) is 3.31. The Labute approximate surface area is 148 Å². The number of carbonyl (C=O) groups is 1. The van der Waals surface area contributed by atoms with Crippen molar-refractivity contribution in [2.45, 2.75) is 49.3 Å². The van der Waals surface area contributed by atoms with E-state index in [1.165, 1.54) is 43.6 Å². The second-order valence-corrected chi connectivity index (χ2v) is 9.17. The third-order valence-corrected chi connectivity index (χ3v) is 8.64. The highest BCUT2D eigenvalue weighted by Crippen LogP contribution is 2.66. The van der Waals surface area contributed by atoms with Gasteiger partial charge in [0, 0.05) is 36.2 Å². The zero-order valence-electron chi connectivity index (χ0n) is 14.4. The van der Waals surface area contributed by atoms with Gasteiger partial charge in [-0.2, -0.15) is 0 Å². The number of nitrogens with zero attached hydrogens (tertiary/aromatic N) is 2. The molecule has 7 rings (SSSR count). The molecule has 25 heavy (non-hydrogen) atoms. The van der Waals surface area contributed by atoms with Crippen molar-refractivity contribution in [1.29, 1.82) is 0 Å². The summed E-state index contributed by atoms with van der Waals surface area (Å²) in [5.74, 6) is 2.34. The fraction of sp³-hybridized carbons (Fsp3) is 0.667. The molecule has 4 heteroatoms. The first-order chi connectivity index (χ1) is 12.3. The van der Waals surface area contributed by atoms with Crippen molar-refractivity contribution in [2.75, 3.05) is 24.6 Å². The molecule has 4 nitrogen and oxygen atoms in total. The fourth-order valence-electron chi connectivity index (χ4n) is 7.96. The monoisotopic (exact) mass is 336 g/mol. The first kappa shape index (κ1) is 13.8. The van der Waals surface area contributed by atoms with E-state index in [0.29, 0.717) is 30.3 Å². The van der Waals surface area contributed by atoms with Crippen molar-refractivity contribution in [3.05, 3.63) is 29.8 Å². The van der Waals surface area contributed by atoms with Gasteiger partial charge in [0.25, 0.3) is 0 Å². The Hall–Kier alpha value is -1.39. The maximum atomic E-state index is 13.2. The van der Waals surface area contributed by atoms with Crippen LogP contribution in [-0.2, 0) is 14.9 Å². The van der Waals surface area contributed by atoms with Crippen LogP contribution in [0.4, 0.5) is 5.69 Å². The molecular formula is C21H24N2O2. The Morgan fingerprint density at radius 3 is 3.12 bits per heavy atom. The van der Waals surface area contributed by atoms with E-state index < -0.39 is 0 Å². The summed E-state index contributed by atoms with van der Waals surface area (Å²) in [4.78, 5) is 18.2. The van der Waals surface area contributed by atoms with Crippen molar-refractivity contribution in [1.82, 2.24) is 4.90 Å². The molecule has 1 aliphatic carbocycles. The number of fused-ring (bicyclic) bond motifs is 2. The van der Waals surface area contributed by atoms with Gasteiger partial charge < -0.3 is 9.64 Å². The molecule has 0 radical (unpaired) electrons. The molecule has 1 aromatic carbocycles. The number of anilines is 1. The van der Waals surface area contributed by atoms with E-state index in [1.54, 1.807) is 0 Å². The number of rotatable bonds is 0. The minimum absolute atomic E-state index is 0.156. The molecule has 1 spiro atoms. The van der Waals surface area contributed by atoms with Gasteiger partial charge in [-0.25, -0.2) is 0 Å². The van der Waals surface area contributed by atoms with Crippen LogP contribution in [0.15, 0.2) is 24.3 Å². The van der Waals surface area contributed by atoms with Gasteiger partial charge in [-0.05, 0) is 49.3 Å². The largest absolute Gasteiger partial charge is 0.377 e. The molecule has 0 aromatic heterocycles. The molecule has 1 aromatic rings. The summed E-state index contributed by atoms with van der Waals surface area (Å²) < 4.78 is 6.33. The Morgan fingerprint density at radius 1 is 1.24 bits per heavy atom. The molecule has 5 aliphatic heterocycles. The summed E-state index contributed by atoms with van der Waals surface area (Å²) in [5.41, 5.74) is 2.83. The van der Waals surface area contributed by atoms with Gasteiger partial charge in [0.15, 0.2) is 0 Å². The third-order valence-electron chi connectivity index (χ3n) is 8.64. The van der Waals surface area contributed by atoms with Crippen LogP contribution in [0, 0.1) is 17.8 Å². The molecule has 7 atom stereocenters. The van der Waals surface area contributed by atoms with Crippen LogP contribution < -0.4 is 4.90 Å². The Morgan fingerprint density at radius 2 is 2.16 bits per heavy atom. The molecule has 0 unspecified atom stereocenters. The molecule has 130 valence electrons. The number of piperidine rings is 2. The minimum atomic E-state index is 0.156. The number of carbonyl (C=O) groups excluding carboxylic acids is 1. The van der Waals surface area contributed by atoms with E-state index >= 15 is 0 Å². The molecule has 5 heterocycles. The summed E-state index contributed by atoms with van der Waals surface area (Å²) in [6, 6.07) is 9.78. The van der Waals surface area contributed by atoms with Gasteiger partial charge in [-0.15, -0.1) is 0 Å². The lowest BCUT2D eigenvalue weighted by atomic mass is 9.52. The topological polar surface area (TPSA) is 32.8 Å². The van der Waals surface area contributed by atoms with Gasteiger partial charge in [0.05, 0.1) is 18.6 Å². The molecule has 5 fully saturated rings. The molecule has 4 saturated heterocycles. The van der Waals surface area contributed by atoms with Crippen LogP contribution in [0.3, 0.4) is 0 Å². The molecule has 0 N–H and O–H groups in total. The molecule has 1 amide bonds. The van der Waals surface area contributed by atoms with Crippen LogP contribution in [0.25, 0.3) is 0 Å². The van der Waals surface area contributed by atoms with E-state index in [2.05, 4.69) is 34.1 Å². The van der Waals surface area contributed by atoms with Crippen molar-refractivity contribution in [3.8, 4) is 0 Å². The predicted molar refractivity (Wildman–Crippen MR) is 93.4 cm³/mol. The number of para-hydroxylation sites is 1. The van der Waals surface area contributed by atoms with Crippen molar-refractivity contribution in [3.63, 3.8) is 0 Å². The number of hydrogen-bond acceptors (Lipinski definition) is 3. The summed E-state index contributed by atoms with van der Waals surface area (Å²) in [5, 5.41) is 0.